The highest BCUT2D eigenvalue weighted by molar-refractivity contribution is 6.01. The lowest BCUT2D eigenvalue weighted by Crippen LogP contribution is -2.35. The molecule has 1 aromatic rings. The second-order valence-corrected chi connectivity index (χ2v) is 4.68. The van der Waals surface area contributed by atoms with E-state index in [-0.39, 0.29) is 23.3 Å². The number of nitrogens with zero attached hydrogens (tertiary/aromatic N) is 3. The third-order valence-corrected chi connectivity index (χ3v) is 3.34. The Morgan fingerprint density at radius 1 is 1.52 bits per heavy atom. The van der Waals surface area contributed by atoms with Gasteiger partial charge in [-0.15, -0.1) is 0 Å². The Morgan fingerprint density at radius 2 is 2.24 bits per heavy atom. The number of alkyl halides is 3. The monoisotopic (exact) mass is 304 g/mol. The number of hydrogen-bond acceptors (Lipinski definition) is 5. The minimum atomic E-state index is -4.56. The van der Waals surface area contributed by atoms with Crippen molar-refractivity contribution in [3.05, 3.63) is 23.4 Å². The zero-order valence-corrected chi connectivity index (χ0v) is 11.3. The number of halogens is 3. The van der Waals surface area contributed by atoms with Crippen molar-refractivity contribution < 1.29 is 23.1 Å². The van der Waals surface area contributed by atoms with Crippen molar-refractivity contribution in [3.63, 3.8) is 0 Å². The minimum Gasteiger partial charge on any atom is -0.409 e. The van der Waals surface area contributed by atoms with Crippen molar-refractivity contribution in [2.75, 3.05) is 25.2 Å². The van der Waals surface area contributed by atoms with Gasteiger partial charge in [0.2, 0.25) is 0 Å². The van der Waals surface area contributed by atoms with Crippen molar-refractivity contribution in [1.82, 2.24) is 4.98 Å². The van der Waals surface area contributed by atoms with Gasteiger partial charge in [0.25, 0.3) is 0 Å². The van der Waals surface area contributed by atoms with Gasteiger partial charge in [-0.2, -0.15) is 13.2 Å². The summed E-state index contributed by atoms with van der Waals surface area (Å²) in [5, 5.41) is 11.6. The maximum atomic E-state index is 12.8. The Kier molecular flexibility index (Phi) is 4.21. The zero-order chi connectivity index (χ0) is 15.6. The molecule has 6 nitrogen and oxygen atoms in total. The van der Waals surface area contributed by atoms with Gasteiger partial charge >= 0.3 is 6.18 Å². The predicted octanol–water partition coefficient (Wildman–Crippen LogP) is 1.42. The van der Waals surface area contributed by atoms with Crippen LogP contribution in [-0.2, 0) is 10.9 Å². The number of likely N-dealkylation sites (N-methyl/N-ethyl adjacent to an activating group) is 1. The van der Waals surface area contributed by atoms with E-state index in [9.17, 15) is 13.2 Å². The second kappa shape index (κ2) is 5.76. The SMILES string of the molecule is CN(c1nc(C(F)(F)F)ccc1/C(N)=N/O)C1CCOC1. The first kappa shape index (κ1) is 15.4. The molecule has 1 saturated heterocycles. The summed E-state index contributed by atoms with van der Waals surface area (Å²) in [4.78, 5) is 5.20. The molecule has 0 aromatic carbocycles. The van der Waals surface area contributed by atoms with Gasteiger partial charge in [0.1, 0.15) is 11.5 Å². The maximum absolute atomic E-state index is 12.8. The van der Waals surface area contributed by atoms with Crippen molar-refractivity contribution >= 4 is 11.7 Å². The van der Waals surface area contributed by atoms with E-state index in [2.05, 4.69) is 10.1 Å². The van der Waals surface area contributed by atoms with Crippen LogP contribution >= 0.6 is 0 Å². The molecule has 2 heterocycles. The first-order chi connectivity index (χ1) is 9.84. The second-order valence-electron chi connectivity index (χ2n) is 4.68. The van der Waals surface area contributed by atoms with E-state index in [1.807, 2.05) is 0 Å². The van der Waals surface area contributed by atoms with Crippen molar-refractivity contribution in [2.45, 2.75) is 18.6 Å². The fourth-order valence-corrected chi connectivity index (χ4v) is 2.13. The van der Waals surface area contributed by atoms with Crippen LogP contribution in [0, 0.1) is 0 Å². The molecule has 116 valence electrons. The van der Waals surface area contributed by atoms with Crippen LogP contribution in [0.25, 0.3) is 0 Å². The van der Waals surface area contributed by atoms with Gasteiger partial charge in [-0.25, -0.2) is 4.98 Å². The third kappa shape index (κ3) is 3.18. The van der Waals surface area contributed by atoms with Crippen LogP contribution in [0.4, 0.5) is 19.0 Å². The van der Waals surface area contributed by atoms with Crippen molar-refractivity contribution in [3.8, 4) is 0 Å². The molecule has 0 aliphatic carbocycles. The van der Waals surface area contributed by atoms with Gasteiger partial charge in [0, 0.05) is 13.7 Å². The van der Waals surface area contributed by atoms with Crippen LogP contribution in [0.5, 0.6) is 0 Å². The first-order valence-electron chi connectivity index (χ1n) is 6.21. The molecule has 3 N–H and O–H groups in total. The summed E-state index contributed by atoms with van der Waals surface area (Å²) in [6, 6.07) is 1.84. The van der Waals surface area contributed by atoms with E-state index >= 15 is 0 Å². The number of pyridine rings is 1. The smallest absolute Gasteiger partial charge is 0.409 e. The Bertz CT molecular complexity index is 542. The number of ether oxygens (including phenoxy) is 1. The largest absolute Gasteiger partial charge is 0.433 e. The molecule has 1 aliphatic rings. The zero-order valence-electron chi connectivity index (χ0n) is 11.3. The molecular weight excluding hydrogens is 289 g/mol. The average Bonchev–Trinajstić information content (AvgIpc) is 2.98. The first-order valence-corrected chi connectivity index (χ1v) is 6.21. The molecule has 0 radical (unpaired) electrons. The normalized spacial score (nSPS) is 19.8. The molecule has 1 aliphatic heterocycles. The molecule has 2 rings (SSSR count). The molecule has 1 aromatic heterocycles. The van der Waals surface area contributed by atoms with Gasteiger partial charge in [-0.1, -0.05) is 5.16 Å². The average molecular weight is 304 g/mol. The standard InChI is InChI=1S/C12H15F3N4O2/c1-19(7-4-5-21-6-7)11-8(10(16)18-20)2-3-9(17-11)12(13,14)15/h2-3,7,20H,4-6H2,1H3,(H2,16,18). The lowest BCUT2D eigenvalue weighted by molar-refractivity contribution is -0.141. The van der Waals surface area contributed by atoms with Crippen LogP contribution in [-0.4, -0.2) is 42.3 Å². The number of rotatable bonds is 3. The third-order valence-electron chi connectivity index (χ3n) is 3.34. The Hall–Kier alpha value is -2.03. The lowest BCUT2D eigenvalue weighted by Gasteiger charge is -2.26. The molecule has 1 unspecified atom stereocenters. The highest BCUT2D eigenvalue weighted by atomic mass is 19.4. The van der Waals surface area contributed by atoms with E-state index < -0.39 is 11.9 Å². The van der Waals surface area contributed by atoms with E-state index in [4.69, 9.17) is 15.7 Å². The number of hydrogen-bond donors (Lipinski definition) is 2. The molecule has 1 fully saturated rings. The molecule has 21 heavy (non-hydrogen) atoms. The molecule has 1 atom stereocenters. The molecule has 0 amide bonds. The number of nitrogens with two attached hydrogens (primary N) is 1. The van der Waals surface area contributed by atoms with Gasteiger partial charge in [-0.3, -0.25) is 0 Å². The molecule has 0 saturated carbocycles. The van der Waals surface area contributed by atoms with Gasteiger partial charge in [0.15, 0.2) is 5.84 Å². The van der Waals surface area contributed by atoms with Gasteiger partial charge in [-0.05, 0) is 18.6 Å². The van der Waals surface area contributed by atoms with Crippen LogP contribution in [0.15, 0.2) is 17.3 Å². The fourth-order valence-electron chi connectivity index (χ4n) is 2.13. The van der Waals surface area contributed by atoms with Gasteiger partial charge in [0.05, 0.1) is 18.2 Å². The summed E-state index contributed by atoms with van der Waals surface area (Å²) in [5.41, 5.74) is 4.62. The Balaban J connectivity index is 2.47. The Labute approximate surface area is 119 Å². The summed E-state index contributed by atoms with van der Waals surface area (Å²) in [7, 11) is 1.61. The summed E-state index contributed by atoms with van der Waals surface area (Å²) < 4.78 is 43.6. The van der Waals surface area contributed by atoms with E-state index in [0.717, 1.165) is 12.1 Å². The van der Waals surface area contributed by atoms with E-state index in [1.165, 1.54) is 0 Å². The maximum Gasteiger partial charge on any atom is 0.433 e. The van der Waals surface area contributed by atoms with Gasteiger partial charge < -0.3 is 20.6 Å². The number of anilines is 1. The molecule has 9 heteroatoms. The molecule has 0 bridgehead atoms. The van der Waals surface area contributed by atoms with Crippen LogP contribution in [0.2, 0.25) is 0 Å². The molecule has 0 spiro atoms. The van der Waals surface area contributed by atoms with Crippen molar-refractivity contribution in [1.29, 1.82) is 0 Å². The van der Waals surface area contributed by atoms with E-state index in [0.29, 0.717) is 19.6 Å². The minimum absolute atomic E-state index is 0.00984. The number of aromatic nitrogens is 1. The Morgan fingerprint density at radius 3 is 2.76 bits per heavy atom. The number of amidine groups is 1. The fraction of sp³-hybridized carbons (Fsp3) is 0.500. The summed E-state index contributed by atoms with van der Waals surface area (Å²) in [6.07, 6.45) is -3.89. The summed E-state index contributed by atoms with van der Waals surface area (Å²) >= 11 is 0. The lowest BCUT2D eigenvalue weighted by atomic mass is 10.1. The molecular formula is C12H15F3N4O2. The van der Waals surface area contributed by atoms with Crippen LogP contribution in [0.1, 0.15) is 17.7 Å². The van der Waals surface area contributed by atoms with Crippen molar-refractivity contribution in [2.24, 2.45) is 10.9 Å². The topological polar surface area (TPSA) is 84.0 Å². The summed E-state index contributed by atoms with van der Waals surface area (Å²) in [5.74, 6) is -0.285. The van der Waals surface area contributed by atoms with Crippen LogP contribution in [0.3, 0.4) is 0 Å². The summed E-state index contributed by atoms with van der Waals surface area (Å²) in [6.45, 7) is 0.927. The van der Waals surface area contributed by atoms with Crippen LogP contribution < -0.4 is 10.6 Å². The highest BCUT2D eigenvalue weighted by Gasteiger charge is 2.34. The van der Waals surface area contributed by atoms with E-state index in [1.54, 1.807) is 11.9 Å². The quantitative estimate of drug-likeness (QED) is 0.382. The predicted molar refractivity (Wildman–Crippen MR) is 69.4 cm³/mol. The highest BCUT2D eigenvalue weighted by Crippen LogP contribution is 2.31. The number of oxime groups is 1.